The summed E-state index contributed by atoms with van der Waals surface area (Å²) in [5.41, 5.74) is -1.05. The van der Waals surface area contributed by atoms with E-state index in [2.05, 4.69) is 15.3 Å². The van der Waals surface area contributed by atoms with Gasteiger partial charge in [0.25, 0.3) is 0 Å². The van der Waals surface area contributed by atoms with Crippen LogP contribution in [0.4, 0.5) is 18.9 Å². The number of anilines is 1. The number of benzene rings is 2. The molecule has 0 fully saturated rings. The van der Waals surface area contributed by atoms with Crippen molar-refractivity contribution in [3.63, 3.8) is 0 Å². The number of nitrogens with one attached hydrogen (secondary N) is 1. The number of hydrogen-bond donors (Lipinski definition) is 1. The summed E-state index contributed by atoms with van der Waals surface area (Å²) in [4.78, 5) is 19.4. The van der Waals surface area contributed by atoms with Gasteiger partial charge in [0, 0.05) is 12.1 Å². The third-order valence-corrected chi connectivity index (χ3v) is 4.86. The van der Waals surface area contributed by atoms with Crippen molar-refractivity contribution in [2.24, 2.45) is 0 Å². The predicted molar refractivity (Wildman–Crippen MR) is 114 cm³/mol. The molecule has 8 nitrogen and oxygen atoms in total. The number of fused-ring (bicyclic) bond motifs is 1. The summed E-state index contributed by atoms with van der Waals surface area (Å²) in [6.45, 7) is 2.92. The Morgan fingerprint density at radius 1 is 0.970 bits per heavy atom. The molecule has 0 aliphatic heterocycles. The number of aromatic nitrogens is 2. The van der Waals surface area contributed by atoms with E-state index in [0.717, 1.165) is 0 Å². The zero-order valence-electron chi connectivity index (χ0n) is 18.6. The molecule has 0 amide bonds. The molecule has 176 valence electrons. The van der Waals surface area contributed by atoms with Crippen molar-refractivity contribution in [3.05, 3.63) is 46.5 Å². The van der Waals surface area contributed by atoms with Crippen LogP contribution in [0.2, 0.25) is 0 Å². The van der Waals surface area contributed by atoms with Crippen molar-refractivity contribution in [1.29, 1.82) is 0 Å². The second-order valence-corrected chi connectivity index (χ2v) is 6.80. The Kier molecular flexibility index (Phi) is 7.10. The van der Waals surface area contributed by atoms with Crippen LogP contribution >= 0.6 is 0 Å². The first kappa shape index (κ1) is 23.9. The van der Waals surface area contributed by atoms with Crippen LogP contribution in [-0.2, 0) is 11.3 Å². The minimum absolute atomic E-state index is 0.0267. The Bertz CT molecular complexity index is 1200. The quantitative estimate of drug-likeness (QED) is 0.496. The molecule has 0 bridgehead atoms. The molecule has 1 N–H and O–H groups in total. The lowest BCUT2D eigenvalue weighted by atomic mass is 10.1. The molecule has 33 heavy (non-hydrogen) atoms. The molecule has 0 spiro atoms. The van der Waals surface area contributed by atoms with Gasteiger partial charge >= 0.3 is 5.97 Å². The second-order valence-electron chi connectivity index (χ2n) is 6.80. The number of carbonyl (C=O) groups is 1. The van der Waals surface area contributed by atoms with Gasteiger partial charge in [-0.15, -0.1) is 0 Å². The Balaban J connectivity index is 2.11. The van der Waals surface area contributed by atoms with Crippen molar-refractivity contribution >= 4 is 22.7 Å². The van der Waals surface area contributed by atoms with Gasteiger partial charge in [0.1, 0.15) is 11.0 Å². The lowest BCUT2D eigenvalue weighted by Crippen LogP contribution is -2.14. The highest BCUT2D eigenvalue weighted by Gasteiger charge is 2.25. The van der Waals surface area contributed by atoms with Gasteiger partial charge in [0.15, 0.2) is 23.1 Å². The van der Waals surface area contributed by atoms with E-state index >= 15 is 0 Å². The van der Waals surface area contributed by atoms with E-state index in [0.29, 0.717) is 22.8 Å². The van der Waals surface area contributed by atoms with Gasteiger partial charge in [-0.1, -0.05) is 0 Å². The number of esters is 1. The molecule has 3 rings (SSSR count). The van der Waals surface area contributed by atoms with Gasteiger partial charge in [0.05, 0.1) is 33.6 Å². The smallest absolute Gasteiger partial charge is 0.361 e. The molecule has 2 aromatic carbocycles. The van der Waals surface area contributed by atoms with E-state index < -0.39 is 34.8 Å². The largest absolute Gasteiger partial charge is 0.493 e. The fourth-order valence-electron chi connectivity index (χ4n) is 3.27. The first-order valence-electron chi connectivity index (χ1n) is 9.81. The normalized spacial score (nSPS) is 10.8. The van der Waals surface area contributed by atoms with Gasteiger partial charge in [-0.25, -0.2) is 23.5 Å². The van der Waals surface area contributed by atoms with Crippen LogP contribution in [0.1, 0.15) is 28.5 Å². The maximum Gasteiger partial charge on any atom is 0.361 e. The number of hydrogen-bond acceptors (Lipinski definition) is 8. The maximum absolute atomic E-state index is 14.5. The van der Waals surface area contributed by atoms with E-state index in [1.807, 2.05) is 0 Å². The van der Waals surface area contributed by atoms with Crippen molar-refractivity contribution in [2.75, 3.05) is 33.3 Å². The van der Waals surface area contributed by atoms with Gasteiger partial charge in [-0.05, 0) is 31.5 Å². The molecule has 11 heteroatoms. The van der Waals surface area contributed by atoms with Gasteiger partial charge in [-0.2, -0.15) is 4.39 Å². The molecule has 1 aromatic heterocycles. The molecular formula is C22H22F3N3O5. The standard InChI is InChI=1S/C22H22F3N3O5/c1-6-33-22(29)19-21(25)28-17-15(24)14(23)10(2)16(18(17)27-19)26-9-11-7-12(30-3)20(32-5)13(8-11)31-4/h7-8,26H,6,9H2,1-5H3. The topological polar surface area (TPSA) is 91.8 Å². The molecule has 0 saturated carbocycles. The van der Waals surface area contributed by atoms with Crippen molar-refractivity contribution < 1.29 is 36.9 Å². The Morgan fingerprint density at radius 3 is 2.15 bits per heavy atom. The monoisotopic (exact) mass is 465 g/mol. The Labute approximate surface area is 187 Å². The van der Waals surface area contributed by atoms with Crippen LogP contribution < -0.4 is 19.5 Å². The van der Waals surface area contributed by atoms with E-state index in [4.69, 9.17) is 18.9 Å². The SMILES string of the molecule is CCOC(=O)c1nc2c(NCc3cc(OC)c(OC)c(OC)c3)c(C)c(F)c(F)c2nc1F. The third-order valence-electron chi connectivity index (χ3n) is 4.86. The lowest BCUT2D eigenvalue weighted by Gasteiger charge is -2.17. The molecule has 0 atom stereocenters. The highest BCUT2D eigenvalue weighted by atomic mass is 19.2. The fourth-order valence-corrected chi connectivity index (χ4v) is 3.27. The number of methoxy groups -OCH3 is 3. The highest BCUT2D eigenvalue weighted by Crippen LogP contribution is 2.39. The van der Waals surface area contributed by atoms with E-state index in [1.165, 1.54) is 35.2 Å². The summed E-state index contributed by atoms with van der Waals surface area (Å²) >= 11 is 0. The molecule has 0 unspecified atom stereocenters. The maximum atomic E-state index is 14.5. The van der Waals surface area contributed by atoms with Gasteiger partial charge < -0.3 is 24.3 Å². The van der Waals surface area contributed by atoms with Crippen LogP contribution in [-0.4, -0.2) is 43.9 Å². The first-order chi connectivity index (χ1) is 15.8. The van der Waals surface area contributed by atoms with E-state index in [-0.39, 0.29) is 29.9 Å². The zero-order chi connectivity index (χ0) is 24.3. The summed E-state index contributed by atoms with van der Waals surface area (Å²) in [5.74, 6) is -3.84. The molecule has 0 aliphatic rings. The molecular weight excluding hydrogens is 443 g/mol. The molecule has 0 aliphatic carbocycles. The minimum atomic E-state index is -1.37. The average Bonchev–Trinajstić information content (AvgIpc) is 2.81. The van der Waals surface area contributed by atoms with Gasteiger partial charge in [0.2, 0.25) is 17.4 Å². The van der Waals surface area contributed by atoms with Crippen LogP contribution in [0, 0.1) is 24.5 Å². The number of nitrogens with zero attached hydrogens (tertiary/aromatic N) is 2. The number of ether oxygens (including phenoxy) is 4. The molecule has 0 radical (unpaired) electrons. The number of halogens is 3. The average molecular weight is 465 g/mol. The third kappa shape index (κ3) is 4.43. The van der Waals surface area contributed by atoms with Crippen LogP contribution in [0.5, 0.6) is 17.2 Å². The lowest BCUT2D eigenvalue weighted by molar-refractivity contribution is 0.0513. The Morgan fingerprint density at radius 2 is 1.61 bits per heavy atom. The van der Waals surface area contributed by atoms with Crippen molar-refractivity contribution in [3.8, 4) is 17.2 Å². The summed E-state index contributed by atoms with van der Waals surface area (Å²) in [5, 5.41) is 2.96. The highest BCUT2D eigenvalue weighted by molar-refractivity contribution is 5.95. The number of carbonyl (C=O) groups excluding carboxylic acids is 1. The van der Waals surface area contributed by atoms with Crippen molar-refractivity contribution in [2.45, 2.75) is 20.4 Å². The molecule has 3 aromatic rings. The summed E-state index contributed by atoms with van der Waals surface area (Å²) in [6.07, 6.45) is 0. The van der Waals surface area contributed by atoms with Crippen LogP contribution in [0.15, 0.2) is 12.1 Å². The van der Waals surface area contributed by atoms with Crippen molar-refractivity contribution in [1.82, 2.24) is 9.97 Å². The van der Waals surface area contributed by atoms with E-state index in [1.54, 1.807) is 12.1 Å². The van der Waals surface area contributed by atoms with E-state index in [9.17, 15) is 18.0 Å². The summed E-state index contributed by atoms with van der Waals surface area (Å²) in [6, 6.07) is 3.34. The molecule has 0 saturated heterocycles. The zero-order valence-corrected chi connectivity index (χ0v) is 18.6. The first-order valence-corrected chi connectivity index (χ1v) is 9.81. The fraction of sp³-hybridized carbons (Fsp3) is 0.318. The second kappa shape index (κ2) is 9.80. The predicted octanol–water partition coefficient (Wildman–Crippen LogP) is 4.17. The van der Waals surface area contributed by atoms with Gasteiger partial charge in [-0.3, -0.25) is 0 Å². The minimum Gasteiger partial charge on any atom is -0.493 e. The number of rotatable bonds is 8. The Hall–Kier alpha value is -3.76. The van der Waals surface area contributed by atoms with Crippen LogP contribution in [0.3, 0.4) is 0 Å². The summed E-state index contributed by atoms with van der Waals surface area (Å²) in [7, 11) is 4.39. The molecule has 1 heterocycles. The summed E-state index contributed by atoms with van der Waals surface area (Å²) < 4.78 is 64.1. The van der Waals surface area contributed by atoms with Crippen LogP contribution in [0.25, 0.3) is 11.0 Å².